The van der Waals surface area contributed by atoms with Gasteiger partial charge in [0.2, 0.25) is 0 Å². The monoisotopic (exact) mass is 298 g/mol. The minimum Gasteiger partial charge on any atom is -0.444 e. The lowest BCUT2D eigenvalue weighted by molar-refractivity contribution is 0.0505. The van der Waals surface area contributed by atoms with Gasteiger partial charge in [0.25, 0.3) is 0 Å². The third-order valence-corrected chi connectivity index (χ3v) is 3.57. The number of rotatable bonds is 1. The van der Waals surface area contributed by atoms with E-state index in [0.29, 0.717) is 13.1 Å². The average molecular weight is 298 g/mol. The maximum absolute atomic E-state index is 12.3. The standard InChI is InChI=1S/C14H26N4O3/c1-14(2,3)21-12(19)16-11-4-7-18(10-11)13(20)17-8-5-15-6-9-17/h11,15H,4-10H2,1-3H3,(H,16,19)/t11-/m1/s1. The van der Waals surface area contributed by atoms with Gasteiger partial charge in [-0.3, -0.25) is 0 Å². The fourth-order valence-electron chi connectivity index (χ4n) is 2.58. The molecule has 7 heteroatoms. The first-order chi connectivity index (χ1) is 9.85. The Labute approximate surface area is 126 Å². The van der Waals surface area contributed by atoms with E-state index in [-0.39, 0.29) is 12.1 Å². The van der Waals surface area contributed by atoms with E-state index in [1.165, 1.54) is 0 Å². The summed E-state index contributed by atoms with van der Waals surface area (Å²) < 4.78 is 5.24. The number of carbonyl (C=O) groups excluding carboxylic acids is 2. The molecule has 0 aromatic heterocycles. The maximum atomic E-state index is 12.3. The van der Waals surface area contributed by atoms with Crippen molar-refractivity contribution in [3.05, 3.63) is 0 Å². The Kier molecular flexibility index (Phi) is 4.92. The van der Waals surface area contributed by atoms with Gasteiger partial charge in [0.1, 0.15) is 5.60 Å². The molecule has 0 aromatic rings. The number of hydrogen-bond donors (Lipinski definition) is 2. The van der Waals surface area contributed by atoms with Crippen molar-refractivity contribution in [2.24, 2.45) is 0 Å². The molecule has 0 radical (unpaired) electrons. The molecule has 0 spiro atoms. The number of hydrogen-bond acceptors (Lipinski definition) is 4. The first-order valence-electron chi connectivity index (χ1n) is 7.59. The van der Waals surface area contributed by atoms with Gasteiger partial charge in [0.05, 0.1) is 6.04 Å². The maximum Gasteiger partial charge on any atom is 0.407 e. The van der Waals surface area contributed by atoms with Crippen LogP contribution in [0.4, 0.5) is 9.59 Å². The van der Waals surface area contributed by atoms with Crippen molar-refractivity contribution in [1.29, 1.82) is 0 Å². The Hall–Kier alpha value is -1.50. The van der Waals surface area contributed by atoms with E-state index in [0.717, 1.165) is 32.6 Å². The summed E-state index contributed by atoms with van der Waals surface area (Å²) in [5.74, 6) is 0. The fourth-order valence-corrected chi connectivity index (χ4v) is 2.58. The van der Waals surface area contributed by atoms with Gasteiger partial charge in [0, 0.05) is 39.3 Å². The zero-order valence-corrected chi connectivity index (χ0v) is 13.1. The Bertz CT molecular complexity index is 388. The van der Waals surface area contributed by atoms with Crippen molar-refractivity contribution in [2.45, 2.75) is 38.8 Å². The van der Waals surface area contributed by atoms with Gasteiger partial charge in [0.15, 0.2) is 0 Å². The normalized spacial score (nSPS) is 23.1. The molecule has 3 amide bonds. The van der Waals surface area contributed by atoms with Crippen molar-refractivity contribution in [3.63, 3.8) is 0 Å². The van der Waals surface area contributed by atoms with Crippen molar-refractivity contribution < 1.29 is 14.3 Å². The highest BCUT2D eigenvalue weighted by Crippen LogP contribution is 2.14. The minimum atomic E-state index is -0.501. The lowest BCUT2D eigenvalue weighted by atomic mass is 10.2. The summed E-state index contributed by atoms with van der Waals surface area (Å²) >= 11 is 0. The van der Waals surface area contributed by atoms with Crippen LogP contribution in [-0.4, -0.2) is 72.8 Å². The van der Waals surface area contributed by atoms with Crippen LogP contribution >= 0.6 is 0 Å². The molecule has 2 fully saturated rings. The Morgan fingerprint density at radius 2 is 1.81 bits per heavy atom. The van der Waals surface area contributed by atoms with Gasteiger partial charge in [-0.15, -0.1) is 0 Å². The Morgan fingerprint density at radius 1 is 1.14 bits per heavy atom. The highest BCUT2D eigenvalue weighted by Gasteiger charge is 2.31. The summed E-state index contributed by atoms with van der Waals surface area (Å²) in [7, 11) is 0. The molecule has 0 saturated carbocycles. The van der Waals surface area contributed by atoms with Crippen LogP contribution in [0.3, 0.4) is 0 Å². The molecule has 2 N–H and O–H groups in total. The van der Waals surface area contributed by atoms with Crippen LogP contribution in [0.15, 0.2) is 0 Å². The molecule has 1 atom stereocenters. The van der Waals surface area contributed by atoms with Crippen molar-refractivity contribution in [3.8, 4) is 0 Å². The second-order valence-corrected chi connectivity index (χ2v) is 6.60. The summed E-state index contributed by atoms with van der Waals surface area (Å²) in [5.41, 5.74) is -0.501. The van der Waals surface area contributed by atoms with Gasteiger partial charge in [-0.1, -0.05) is 0 Å². The first-order valence-corrected chi connectivity index (χ1v) is 7.59. The average Bonchev–Trinajstić information content (AvgIpc) is 2.85. The molecule has 0 unspecified atom stereocenters. The molecule has 2 heterocycles. The third kappa shape index (κ3) is 4.77. The molecule has 2 rings (SSSR count). The quantitative estimate of drug-likeness (QED) is 0.744. The molecule has 2 aliphatic heterocycles. The van der Waals surface area contributed by atoms with Gasteiger partial charge in [-0.25, -0.2) is 9.59 Å². The number of carbonyl (C=O) groups is 2. The lowest BCUT2D eigenvalue weighted by Crippen LogP contribution is -2.51. The van der Waals surface area contributed by atoms with Gasteiger partial charge >= 0.3 is 12.1 Å². The van der Waals surface area contributed by atoms with Crippen LogP contribution in [-0.2, 0) is 4.74 Å². The van der Waals surface area contributed by atoms with E-state index in [9.17, 15) is 9.59 Å². The number of amides is 3. The Morgan fingerprint density at radius 3 is 2.43 bits per heavy atom. The molecular weight excluding hydrogens is 272 g/mol. The molecule has 2 saturated heterocycles. The molecule has 0 aromatic carbocycles. The topological polar surface area (TPSA) is 73.9 Å². The number of urea groups is 1. The lowest BCUT2D eigenvalue weighted by Gasteiger charge is -2.31. The molecule has 0 bridgehead atoms. The molecule has 120 valence electrons. The van der Waals surface area contributed by atoms with Crippen LogP contribution in [0.1, 0.15) is 27.2 Å². The summed E-state index contributed by atoms with van der Waals surface area (Å²) in [6.07, 6.45) is 0.362. The highest BCUT2D eigenvalue weighted by atomic mass is 16.6. The number of likely N-dealkylation sites (tertiary alicyclic amines) is 1. The summed E-state index contributed by atoms with van der Waals surface area (Å²) in [4.78, 5) is 27.8. The minimum absolute atomic E-state index is 0.0216. The van der Waals surface area contributed by atoms with E-state index >= 15 is 0 Å². The van der Waals surface area contributed by atoms with Gasteiger partial charge < -0.3 is 25.2 Å². The summed E-state index contributed by atoms with van der Waals surface area (Å²) in [6.45, 7) is 9.94. The van der Waals surface area contributed by atoms with Crippen LogP contribution in [0.25, 0.3) is 0 Å². The molecule has 2 aliphatic rings. The predicted molar refractivity (Wildman–Crippen MR) is 79.2 cm³/mol. The zero-order valence-electron chi connectivity index (χ0n) is 13.1. The summed E-state index contributed by atoms with van der Waals surface area (Å²) in [5, 5.41) is 6.07. The van der Waals surface area contributed by atoms with E-state index in [1.807, 2.05) is 30.6 Å². The smallest absolute Gasteiger partial charge is 0.407 e. The number of alkyl carbamates (subject to hydrolysis) is 1. The van der Waals surface area contributed by atoms with E-state index < -0.39 is 11.7 Å². The largest absolute Gasteiger partial charge is 0.444 e. The third-order valence-electron chi connectivity index (χ3n) is 3.57. The zero-order chi connectivity index (χ0) is 15.5. The number of piperazine rings is 1. The van der Waals surface area contributed by atoms with Gasteiger partial charge in [-0.05, 0) is 27.2 Å². The van der Waals surface area contributed by atoms with Crippen molar-refractivity contribution in [1.82, 2.24) is 20.4 Å². The van der Waals surface area contributed by atoms with Crippen LogP contribution in [0, 0.1) is 0 Å². The summed E-state index contributed by atoms with van der Waals surface area (Å²) in [6, 6.07) is 0.0525. The van der Waals surface area contributed by atoms with Crippen molar-refractivity contribution in [2.75, 3.05) is 39.3 Å². The molecular formula is C14H26N4O3. The van der Waals surface area contributed by atoms with Crippen LogP contribution in [0.2, 0.25) is 0 Å². The number of nitrogens with one attached hydrogen (secondary N) is 2. The second kappa shape index (κ2) is 6.51. The predicted octanol–water partition coefficient (Wildman–Crippen LogP) is 0.611. The van der Waals surface area contributed by atoms with Crippen LogP contribution in [0.5, 0.6) is 0 Å². The van der Waals surface area contributed by atoms with E-state index in [4.69, 9.17) is 4.74 Å². The van der Waals surface area contributed by atoms with Crippen molar-refractivity contribution >= 4 is 12.1 Å². The molecule has 7 nitrogen and oxygen atoms in total. The molecule has 21 heavy (non-hydrogen) atoms. The fraction of sp³-hybridized carbons (Fsp3) is 0.857. The Balaban J connectivity index is 1.77. The van der Waals surface area contributed by atoms with Crippen LogP contribution < -0.4 is 10.6 Å². The molecule has 0 aliphatic carbocycles. The highest BCUT2D eigenvalue weighted by molar-refractivity contribution is 5.75. The van der Waals surface area contributed by atoms with E-state index in [1.54, 1.807) is 0 Å². The second-order valence-electron chi connectivity index (χ2n) is 6.60. The SMILES string of the molecule is CC(C)(C)OC(=O)N[C@@H]1CCN(C(=O)N2CCNCC2)C1. The first kappa shape index (κ1) is 15.9. The van der Waals surface area contributed by atoms with E-state index in [2.05, 4.69) is 10.6 Å². The number of nitrogens with zero attached hydrogens (tertiary/aromatic N) is 2. The van der Waals surface area contributed by atoms with Gasteiger partial charge in [-0.2, -0.15) is 0 Å². The number of ether oxygens (including phenoxy) is 1.